The van der Waals surface area contributed by atoms with Gasteiger partial charge >= 0.3 is 0 Å². The van der Waals surface area contributed by atoms with Gasteiger partial charge in [0.1, 0.15) is 0 Å². The first-order chi connectivity index (χ1) is 8.02. The number of benzene rings is 1. The Morgan fingerprint density at radius 3 is 2.71 bits per heavy atom. The number of nitrogens with zero attached hydrogens (tertiary/aromatic N) is 1. The standard InChI is InChI=1S/C12H17BrClN3/c1-8(2)17-12(15-3)16-7-9-4-5-10(13)6-11(9)14/h4-6,8H,7H2,1-3H3,(H2,15,16,17). The van der Waals surface area contributed by atoms with Gasteiger partial charge in [-0.2, -0.15) is 0 Å². The lowest BCUT2D eigenvalue weighted by atomic mass is 10.2. The van der Waals surface area contributed by atoms with Crippen LogP contribution in [0.3, 0.4) is 0 Å². The molecular weight excluding hydrogens is 302 g/mol. The number of halogens is 2. The minimum atomic E-state index is 0.349. The highest BCUT2D eigenvalue weighted by atomic mass is 79.9. The van der Waals surface area contributed by atoms with Crippen molar-refractivity contribution in [1.82, 2.24) is 10.6 Å². The van der Waals surface area contributed by atoms with Crippen LogP contribution in [0.1, 0.15) is 19.4 Å². The van der Waals surface area contributed by atoms with E-state index < -0.39 is 0 Å². The molecule has 0 spiro atoms. The predicted molar refractivity (Wildman–Crippen MR) is 77.6 cm³/mol. The third kappa shape index (κ3) is 4.96. The van der Waals surface area contributed by atoms with Crippen molar-refractivity contribution < 1.29 is 0 Å². The molecule has 0 atom stereocenters. The van der Waals surface area contributed by atoms with E-state index in [9.17, 15) is 0 Å². The van der Waals surface area contributed by atoms with Crippen LogP contribution in [0.15, 0.2) is 27.7 Å². The molecule has 0 heterocycles. The smallest absolute Gasteiger partial charge is 0.191 e. The normalized spacial score (nSPS) is 11.8. The Morgan fingerprint density at radius 1 is 1.47 bits per heavy atom. The third-order valence-corrected chi connectivity index (χ3v) is 2.96. The fraction of sp³-hybridized carbons (Fsp3) is 0.417. The molecule has 0 fully saturated rings. The van der Waals surface area contributed by atoms with Crippen molar-refractivity contribution >= 4 is 33.5 Å². The average molecular weight is 319 g/mol. The molecule has 1 aromatic rings. The van der Waals surface area contributed by atoms with E-state index in [1.54, 1.807) is 7.05 Å². The number of rotatable bonds is 3. The Bertz CT molecular complexity index is 405. The Morgan fingerprint density at radius 2 is 2.18 bits per heavy atom. The zero-order valence-electron chi connectivity index (χ0n) is 10.2. The fourth-order valence-electron chi connectivity index (χ4n) is 1.31. The van der Waals surface area contributed by atoms with E-state index in [2.05, 4.69) is 45.4 Å². The Balaban J connectivity index is 2.60. The van der Waals surface area contributed by atoms with Gasteiger partial charge in [0.15, 0.2) is 5.96 Å². The molecule has 0 aromatic heterocycles. The van der Waals surface area contributed by atoms with Crippen LogP contribution in [0, 0.1) is 0 Å². The second-order valence-corrected chi connectivity index (χ2v) is 5.28. The maximum atomic E-state index is 6.13. The van der Waals surface area contributed by atoms with Crippen molar-refractivity contribution in [2.75, 3.05) is 7.05 Å². The van der Waals surface area contributed by atoms with Gasteiger partial charge < -0.3 is 10.6 Å². The van der Waals surface area contributed by atoms with Crippen molar-refractivity contribution in [3.63, 3.8) is 0 Å². The van der Waals surface area contributed by atoms with E-state index in [0.29, 0.717) is 12.6 Å². The fourth-order valence-corrected chi connectivity index (χ4v) is 2.05. The molecule has 94 valence electrons. The molecule has 1 aromatic carbocycles. The first-order valence-electron chi connectivity index (χ1n) is 5.44. The quantitative estimate of drug-likeness (QED) is 0.663. The summed E-state index contributed by atoms with van der Waals surface area (Å²) in [6, 6.07) is 6.20. The molecule has 0 aliphatic carbocycles. The van der Waals surface area contributed by atoms with Crippen LogP contribution in [0.5, 0.6) is 0 Å². The van der Waals surface area contributed by atoms with Gasteiger partial charge in [-0.1, -0.05) is 33.6 Å². The SMILES string of the molecule is CN=C(NCc1ccc(Br)cc1Cl)NC(C)C. The van der Waals surface area contributed by atoms with E-state index >= 15 is 0 Å². The zero-order valence-corrected chi connectivity index (χ0v) is 12.6. The van der Waals surface area contributed by atoms with Gasteiger partial charge in [-0.05, 0) is 31.5 Å². The van der Waals surface area contributed by atoms with Gasteiger partial charge in [-0.25, -0.2) is 0 Å². The molecule has 1 rings (SSSR count). The van der Waals surface area contributed by atoms with Gasteiger partial charge in [0.25, 0.3) is 0 Å². The molecule has 0 radical (unpaired) electrons. The largest absolute Gasteiger partial charge is 0.354 e. The van der Waals surface area contributed by atoms with Crippen LogP contribution in [0.2, 0.25) is 5.02 Å². The van der Waals surface area contributed by atoms with Gasteiger partial charge in [0.05, 0.1) is 0 Å². The van der Waals surface area contributed by atoms with E-state index in [-0.39, 0.29) is 0 Å². The van der Waals surface area contributed by atoms with Gasteiger partial charge in [0, 0.05) is 29.1 Å². The lowest BCUT2D eigenvalue weighted by molar-refractivity contribution is 0.699. The lowest BCUT2D eigenvalue weighted by Gasteiger charge is -2.15. The second kappa shape index (κ2) is 6.87. The maximum Gasteiger partial charge on any atom is 0.191 e. The van der Waals surface area contributed by atoms with Crippen molar-refractivity contribution in [2.24, 2.45) is 4.99 Å². The molecule has 0 bridgehead atoms. The second-order valence-electron chi connectivity index (χ2n) is 3.96. The topological polar surface area (TPSA) is 36.4 Å². The highest BCUT2D eigenvalue weighted by molar-refractivity contribution is 9.10. The number of hydrogen-bond donors (Lipinski definition) is 2. The summed E-state index contributed by atoms with van der Waals surface area (Å²) in [5.41, 5.74) is 1.04. The highest BCUT2D eigenvalue weighted by Crippen LogP contribution is 2.20. The van der Waals surface area contributed by atoms with Crippen molar-refractivity contribution in [1.29, 1.82) is 0 Å². The molecule has 17 heavy (non-hydrogen) atoms. The predicted octanol–water partition coefficient (Wildman–Crippen LogP) is 3.18. The molecule has 3 nitrogen and oxygen atoms in total. The summed E-state index contributed by atoms with van der Waals surface area (Å²) in [5.74, 6) is 0.777. The summed E-state index contributed by atoms with van der Waals surface area (Å²) >= 11 is 9.51. The van der Waals surface area contributed by atoms with Crippen molar-refractivity contribution in [3.8, 4) is 0 Å². The monoisotopic (exact) mass is 317 g/mol. The molecular formula is C12H17BrClN3. The van der Waals surface area contributed by atoms with Crippen LogP contribution in [0.25, 0.3) is 0 Å². The van der Waals surface area contributed by atoms with Crippen molar-refractivity contribution in [2.45, 2.75) is 26.4 Å². The molecule has 0 amide bonds. The molecule has 0 aliphatic rings. The summed E-state index contributed by atoms with van der Waals surface area (Å²) < 4.78 is 0.982. The Kier molecular flexibility index (Phi) is 5.78. The van der Waals surface area contributed by atoms with E-state index in [1.165, 1.54) is 0 Å². The number of nitrogens with one attached hydrogen (secondary N) is 2. The maximum absolute atomic E-state index is 6.13. The molecule has 0 saturated heterocycles. The molecule has 2 N–H and O–H groups in total. The van der Waals surface area contributed by atoms with Crippen LogP contribution < -0.4 is 10.6 Å². The number of hydrogen-bond acceptors (Lipinski definition) is 1. The average Bonchev–Trinajstić information content (AvgIpc) is 2.25. The van der Waals surface area contributed by atoms with E-state index in [4.69, 9.17) is 11.6 Å². The summed E-state index contributed by atoms with van der Waals surface area (Å²) in [6.07, 6.45) is 0. The first kappa shape index (κ1) is 14.3. The minimum Gasteiger partial charge on any atom is -0.354 e. The summed E-state index contributed by atoms with van der Waals surface area (Å²) in [4.78, 5) is 4.13. The molecule has 0 unspecified atom stereocenters. The molecule has 0 aliphatic heterocycles. The van der Waals surface area contributed by atoms with Crippen LogP contribution in [-0.2, 0) is 6.54 Å². The third-order valence-electron chi connectivity index (χ3n) is 2.11. The number of guanidine groups is 1. The Hall–Kier alpha value is -0.740. The first-order valence-corrected chi connectivity index (χ1v) is 6.61. The van der Waals surface area contributed by atoms with Gasteiger partial charge in [-0.3, -0.25) is 4.99 Å². The highest BCUT2D eigenvalue weighted by Gasteiger charge is 2.03. The van der Waals surface area contributed by atoms with E-state index in [1.807, 2.05) is 18.2 Å². The summed E-state index contributed by atoms with van der Waals surface area (Å²) in [5, 5.41) is 7.18. The lowest BCUT2D eigenvalue weighted by Crippen LogP contribution is -2.40. The summed E-state index contributed by atoms with van der Waals surface area (Å²) in [7, 11) is 1.75. The van der Waals surface area contributed by atoms with Crippen molar-refractivity contribution in [3.05, 3.63) is 33.3 Å². The summed E-state index contributed by atoms with van der Waals surface area (Å²) in [6.45, 7) is 4.79. The van der Waals surface area contributed by atoms with Gasteiger partial charge in [0.2, 0.25) is 0 Å². The number of aliphatic imine (C=N–C) groups is 1. The van der Waals surface area contributed by atoms with Crippen LogP contribution in [-0.4, -0.2) is 19.0 Å². The van der Waals surface area contributed by atoms with Crippen LogP contribution in [0.4, 0.5) is 0 Å². The van der Waals surface area contributed by atoms with E-state index in [0.717, 1.165) is 21.0 Å². The molecule has 0 saturated carbocycles. The van der Waals surface area contributed by atoms with Crippen LogP contribution >= 0.6 is 27.5 Å². The van der Waals surface area contributed by atoms with Gasteiger partial charge in [-0.15, -0.1) is 0 Å². The molecule has 5 heteroatoms. The zero-order chi connectivity index (χ0) is 12.8. The minimum absolute atomic E-state index is 0.349. The Labute approximate surface area is 116 Å².